The first kappa shape index (κ1) is 36.5. The summed E-state index contributed by atoms with van der Waals surface area (Å²) < 4.78 is 14.6. The summed E-state index contributed by atoms with van der Waals surface area (Å²) >= 11 is 2.48. The number of aromatic nitrogens is 4. The number of fused-ring (bicyclic) bond motifs is 5. The van der Waals surface area contributed by atoms with E-state index in [9.17, 15) is 0 Å². The van der Waals surface area contributed by atoms with Crippen LogP contribution in [0.1, 0.15) is 30.0 Å². The molecule has 3 aromatic heterocycles. The second kappa shape index (κ2) is 14.9. The molecule has 0 amide bonds. The average molecular weight is 956 g/mol. The van der Waals surface area contributed by atoms with Crippen molar-refractivity contribution in [3.8, 4) is 50.9 Å². The summed E-state index contributed by atoms with van der Waals surface area (Å²) in [6, 6.07) is 63.2. The van der Waals surface area contributed by atoms with Gasteiger partial charge in [-0.25, -0.2) is 0 Å². The number of pyridine rings is 1. The Morgan fingerprint density at radius 2 is 1.30 bits per heavy atom. The monoisotopic (exact) mass is 955 g/mol. The first-order valence-electron chi connectivity index (χ1n) is 20.6. The minimum Gasteiger partial charge on any atom is -0.0622 e. The second-order valence-corrected chi connectivity index (χ2v) is 17.0. The van der Waals surface area contributed by atoms with Crippen molar-refractivity contribution in [1.82, 2.24) is 18.7 Å². The van der Waals surface area contributed by atoms with Crippen LogP contribution in [0.3, 0.4) is 0 Å². The molecule has 60 heavy (non-hydrogen) atoms. The van der Waals surface area contributed by atoms with E-state index in [0.717, 1.165) is 89.1 Å². The molecule has 0 bridgehead atoms. The van der Waals surface area contributed by atoms with Gasteiger partial charge in [-0.1, -0.05) is 6.92 Å². The Kier molecular flexibility index (Phi) is 9.08. The van der Waals surface area contributed by atoms with Crippen molar-refractivity contribution in [2.24, 2.45) is 5.92 Å². The molecule has 1 unspecified atom stereocenters. The smallest absolute Gasteiger partial charge is 0.0622 e. The van der Waals surface area contributed by atoms with Gasteiger partial charge >= 0.3 is 294 Å². The Morgan fingerprint density at radius 1 is 0.617 bits per heavy atom. The fraction of sp³-hybridized carbons (Fsp3) is 0.111. The number of imidazole rings is 1. The van der Waals surface area contributed by atoms with Crippen LogP contribution in [0.4, 0.5) is 0 Å². The summed E-state index contributed by atoms with van der Waals surface area (Å²) in [5.74, 6) is 2.81. The molecule has 0 N–H and O–H groups in total. The SMILES string of the molecule is Cc1ccnc(-n2c3[c-]c(Oc4[c-]c(-n5[c](=[Pt])n(-c6c(-c7ccccc7)cccc6-c6ccccc6)c6ccccc65)ccc4)ccc3c3cc4c(cc32)CCC(C)C4)c1. The molecule has 1 atom stereocenters. The number of para-hydroxylation sites is 3. The van der Waals surface area contributed by atoms with Crippen molar-refractivity contribution in [2.45, 2.75) is 33.1 Å². The van der Waals surface area contributed by atoms with Crippen molar-refractivity contribution in [1.29, 1.82) is 0 Å². The molecule has 0 radical (unpaired) electrons. The van der Waals surface area contributed by atoms with Gasteiger partial charge in [-0.15, -0.1) is 0 Å². The Bertz CT molecular complexity index is 3270. The molecule has 3 heterocycles. The summed E-state index contributed by atoms with van der Waals surface area (Å²) in [4.78, 5) is 4.86. The molecule has 10 aromatic rings. The number of hydrogen-bond acceptors (Lipinski definition) is 2. The van der Waals surface area contributed by atoms with Crippen LogP contribution < -0.4 is 4.74 Å². The van der Waals surface area contributed by atoms with Crippen LogP contribution in [0.5, 0.6) is 11.5 Å². The van der Waals surface area contributed by atoms with Crippen LogP contribution in [0.15, 0.2) is 164 Å². The summed E-state index contributed by atoms with van der Waals surface area (Å²) in [7, 11) is 0. The van der Waals surface area contributed by atoms with Crippen molar-refractivity contribution in [2.75, 3.05) is 0 Å². The van der Waals surface area contributed by atoms with Gasteiger partial charge in [0.05, 0.1) is 0 Å². The summed E-state index contributed by atoms with van der Waals surface area (Å²) in [5, 5.41) is 2.37. The van der Waals surface area contributed by atoms with Crippen LogP contribution in [0.2, 0.25) is 0 Å². The van der Waals surface area contributed by atoms with E-state index in [0.29, 0.717) is 17.4 Å². The first-order chi connectivity index (χ1) is 29.5. The van der Waals surface area contributed by atoms with Gasteiger partial charge in [0.25, 0.3) is 0 Å². The standard InChI is InChI=1S/C54H40N4O.Pt/c1-36-23-24-40-32-51-48(31-41(40)29-36)47-26-25-44(34-52(47)58(51)53-30-37(2)27-28-55-53)59-43-18-11-17-42(33-43)56-35-57(50-22-10-9-21-49(50)56)54-45(38-13-5-3-6-14-38)19-12-20-46(54)39-15-7-4-8-16-39;/h3-22,25-28,30-32,36H,23-24,29H2,1-2H3;/q-2;. The summed E-state index contributed by atoms with van der Waals surface area (Å²) in [6.45, 7) is 4.48. The van der Waals surface area contributed by atoms with E-state index in [1.165, 1.54) is 22.9 Å². The van der Waals surface area contributed by atoms with Gasteiger partial charge < -0.3 is 0 Å². The molecule has 1 aliphatic carbocycles. The van der Waals surface area contributed by atoms with E-state index in [4.69, 9.17) is 9.72 Å². The van der Waals surface area contributed by atoms with Crippen molar-refractivity contribution >= 4 is 32.8 Å². The van der Waals surface area contributed by atoms with Crippen LogP contribution in [0.25, 0.3) is 72.3 Å². The fourth-order valence-electron chi connectivity index (χ4n) is 9.08. The maximum absolute atomic E-state index is 6.70. The molecule has 0 aliphatic heterocycles. The van der Waals surface area contributed by atoms with Crippen molar-refractivity contribution < 1.29 is 24.1 Å². The van der Waals surface area contributed by atoms with E-state index < -0.39 is 0 Å². The van der Waals surface area contributed by atoms with E-state index >= 15 is 0 Å². The normalized spacial score (nSPS) is 13.9. The van der Waals surface area contributed by atoms with E-state index in [2.05, 4.69) is 192 Å². The molecular weight excluding hydrogens is 916 g/mol. The van der Waals surface area contributed by atoms with Crippen LogP contribution >= 0.6 is 0 Å². The van der Waals surface area contributed by atoms with Gasteiger partial charge in [0.15, 0.2) is 0 Å². The molecular formula is C54H40N4OPt-2. The molecule has 6 heteroatoms. The third-order valence-electron chi connectivity index (χ3n) is 11.9. The first-order valence-corrected chi connectivity index (χ1v) is 21.7. The van der Waals surface area contributed by atoms with Crippen molar-refractivity contribution in [3.05, 3.63) is 197 Å². The number of nitrogens with zero attached hydrogens (tertiary/aromatic N) is 4. The zero-order valence-electron chi connectivity index (χ0n) is 33.3. The number of rotatable bonds is 7. The van der Waals surface area contributed by atoms with Crippen LogP contribution in [0, 0.1) is 28.8 Å². The Balaban J connectivity index is 1.05. The Hall–Kier alpha value is -6.55. The van der Waals surface area contributed by atoms with Gasteiger partial charge in [0, 0.05) is 6.20 Å². The topological polar surface area (TPSA) is 36.9 Å². The molecule has 7 aromatic carbocycles. The third-order valence-corrected chi connectivity index (χ3v) is 12.9. The molecule has 11 rings (SSSR count). The number of aryl methyl sites for hydroxylation is 2. The van der Waals surface area contributed by atoms with E-state index in [1.54, 1.807) is 0 Å². The number of hydrogen-bond donors (Lipinski definition) is 0. The summed E-state index contributed by atoms with van der Waals surface area (Å²) in [5.41, 5.74) is 15.0. The number of ether oxygens (including phenoxy) is 1. The van der Waals surface area contributed by atoms with Gasteiger partial charge in [0.2, 0.25) is 0 Å². The maximum atomic E-state index is 6.70. The zero-order chi connectivity index (χ0) is 40.3. The van der Waals surface area contributed by atoms with Gasteiger partial charge in [-0.05, 0) is 54.9 Å². The van der Waals surface area contributed by atoms with Gasteiger partial charge in [-0.3, -0.25) is 0 Å². The minimum atomic E-state index is 0.610. The molecule has 0 saturated carbocycles. The predicted octanol–water partition coefficient (Wildman–Crippen LogP) is 13.2. The fourth-order valence-corrected chi connectivity index (χ4v) is 10.2. The number of benzene rings is 7. The second-order valence-electron chi connectivity index (χ2n) is 15.9. The molecule has 1 aliphatic rings. The quantitative estimate of drug-likeness (QED) is 0.149. The average Bonchev–Trinajstić information content (AvgIpc) is 3.75. The van der Waals surface area contributed by atoms with Crippen LogP contribution in [-0.4, -0.2) is 18.7 Å². The summed E-state index contributed by atoms with van der Waals surface area (Å²) in [6.07, 6.45) is 5.32. The third kappa shape index (κ3) is 6.28. The van der Waals surface area contributed by atoms with Crippen LogP contribution in [-0.2, 0) is 32.2 Å². The minimum absolute atomic E-state index is 0.610. The predicted molar refractivity (Wildman–Crippen MR) is 239 cm³/mol. The zero-order valence-corrected chi connectivity index (χ0v) is 35.6. The Morgan fingerprint density at radius 3 is 2.03 bits per heavy atom. The molecule has 0 fully saturated rings. The molecule has 0 saturated heterocycles. The molecule has 294 valence electrons. The van der Waals surface area contributed by atoms with Gasteiger partial charge in [-0.2, -0.15) is 0 Å². The van der Waals surface area contributed by atoms with Crippen molar-refractivity contribution in [3.63, 3.8) is 0 Å². The Labute approximate surface area is 360 Å². The van der Waals surface area contributed by atoms with Gasteiger partial charge in [0.1, 0.15) is 0 Å². The van der Waals surface area contributed by atoms with E-state index in [-0.39, 0.29) is 0 Å². The molecule has 5 nitrogen and oxygen atoms in total. The molecule has 0 spiro atoms. The van der Waals surface area contributed by atoms with E-state index in [1.807, 2.05) is 30.5 Å².